The molecule has 0 saturated heterocycles. The van der Waals surface area contributed by atoms with Crippen LogP contribution in [0.1, 0.15) is 329 Å². The van der Waals surface area contributed by atoms with E-state index >= 15 is 0 Å². The standard InChI is InChI=1S/C75H128O6/c1-4-7-10-13-16-19-22-25-28-31-33-34-35-36-37-38-39-40-42-44-47-50-53-56-59-62-65-68-74(77)80-71-72(70-79-73(76)67-64-61-58-55-52-49-46-43-30-27-24-21-18-15-12-9-6-3)81-75(78)69-66-63-60-57-54-51-48-45-41-32-29-26-23-20-17-14-11-8-5-2/h8-9,11-12,17-18,20-21,26-27,29-31,33,41,45-46,49,72H,4-7,10,13-16,19,22-25,28,32,34-40,42-44,47-48,50-71H2,1-3H3/b11-8-,12-9-,20-17-,21-18-,29-26-,30-27-,33-31-,45-41-,49-46-. The van der Waals surface area contributed by atoms with Crippen molar-refractivity contribution in [3.8, 4) is 0 Å². The molecule has 6 heteroatoms. The average Bonchev–Trinajstić information content (AvgIpc) is 3.47. The molecular formula is C75H128O6. The van der Waals surface area contributed by atoms with E-state index in [1.807, 2.05) is 0 Å². The van der Waals surface area contributed by atoms with E-state index in [2.05, 4.69) is 130 Å². The normalized spacial score (nSPS) is 12.8. The maximum atomic E-state index is 12.9. The molecule has 0 aromatic heterocycles. The zero-order valence-electron chi connectivity index (χ0n) is 53.3. The number of allylic oxidation sites excluding steroid dienone is 18. The molecule has 464 valence electrons. The van der Waals surface area contributed by atoms with Gasteiger partial charge in [0.2, 0.25) is 0 Å². The quantitative estimate of drug-likeness (QED) is 0.0261. The van der Waals surface area contributed by atoms with Gasteiger partial charge < -0.3 is 14.2 Å². The number of carbonyl (C=O) groups excluding carboxylic acids is 3. The Hall–Kier alpha value is -3.93. The van der Waals surface area contributed by atoms with Gasteiger partial charge in [-0.25, -0.2) is 0 Å². The highest BCUT2D eigenvalue weighted by Crippen LogP contribution is 2.17. The molecule has 81 heavy (non-hydrogen) atoms. The lowest BCUT2D eigenvalue weighted by Gasteiger charge is -2.18. The summed E-state index contributed by atoms with van der Waals surface area (Å²) in [5.41, 5.74) is 0. The van der Waals surface area contributed by atoms with Gasteiger partial charge in [-0.3, -0.25) is 14.4 Å². The number of hydrogen-bond acceptors (Lipinski definition) is 6. The predicted molar refractivity (Wildman–Crippen MR) is 353 cm³/mol. The van der Waals surface area contributed by atoms with E-state index in [1.54, 1.807) is 0 Å². The van der Waals surface area contributed by atoms with Gasteiger partial charge in [-0.05, 0) is 122 Å². The van der Waals surface area contributed by atoms with Crippen LogP contribution in [0.15, 0.2) is 109 Å². The number of rotatable bonds is 62. The average molecular weight is 1130 g/mol. The minimum atomic E-state index is -0.800. The van der Waals surface area contributed by atoms with Gasteiger partial charge in [0.1, 0.15) is 13.2 Å². The van der Waals surface area contributed by atoms with Crippen molar-refractivity contribution in [3.63, 3.8) is 0 Å². The topological polar surface area (TPSA) is 78.9 Å². The molecule has 0 amide bonds. The second-order valence-electron chi connectivity index (χ2n) is 22.7. The van der Waals surface area contributed by atoms with Crippen molar-refractivity contribution >= 4 is 17.9 Å². The lowest BCUT2D eigenvalue weighted by Crippen LogP contribution is -2.30. The molecule has 0 saturated carbocycles. The molecule has 0 heterocycles. The molecule has 1 atom stereocenters. The lowest BCUT2D eigenvalue weighted by atomic mass is 10.0. The first-order valence-electron chi connectivity index (χ1n) is 34.4. The number of esters is 3. The Morgan fingerprint density at radius 1 is 0.259 bits per heavy atom. The molecule has 0 fully saturated rings. The van der Waals surface area contributed by atoms with Gasteiger partial charge in [0.15, 0.2) is 6.10 Å². The minimum absolute atomic E-state index is 0.0915. The van der Waals surface area contributed by atoms with Crippen molar-refractivity contribution in [2.45, 2.75) is 335 Å². The molecule has 0 N–H and O–H groups in total. The summed E-state index contributed by atoms with van der Waals surface area (Å²) in [6.45, 7) is 6.41. The molecule has 0 spiro atoms. The first-order valence-corrected chi connectivity index (χ1v) is 34.4. The van der Waals surface area contributed by atoms with Crippen LogP contribution in [-0.4, -0.2) is 37.2 Å². The van der Waals surface area contributed by atoms with Crippen LogP contribution in [0.5, 0.6) is 0 Å². The highest BCUT2D eigenvalue weighted by atomic mass is 16.6. The zero-order chi connectivity index (χ0) is 58.5. The first kappa shape index (κ1) is 77.1. The molecular weight excluding hydrogens is 997 g/mol. The molecule has 0 bridgehead atoms. The van der Waals surface area contributed by atoms with Crippen molar-refractivity contribution in [1.82, 2.24) is 0 Å². The van der Waals surface area contributed by atoms with Crippen molar-refractivity contribution in [3.05, 3.63) is 109 Å². The summed E-state index contributed by atoms with van der Waals surface area (Å²) in [5.74, 6) is -0.919. The first-order chi connectivity index (χ1) is 40.0. The van der Waals surface area contributed by atoms with E-state index < -0.39 is 6.10 Å². The SMILES string of the molecule is CC/C=C\C/C=C\C/C=C\C/C=C\CCCCCCCCC(=O)OC(COC(=O)CCCCCC/C=C\C/C=C\C/C=C\C/C=C\CC)COC(=O)CCCCCCCCCCCCCCCCC/C=C\CCCCCCCCCC. The summed E-state index contributed by atoms with van der Waals surface area (Å²) in [7, 11) is 0. The summed E-state index contributed by atoms with van der Waals surface area (Å²) < 4.78 is 16.9. The van der Waals surface area contributed by atoms with Gasteiger partial charge in [0.05, 0.1) is 0 Å². The van der Waals surface area contributed by atoms with E-state index in [-0.39, 0.29) is 31.1 Å². The Labute approximate surface area is 501 Å². The Bertz CT molecular complexity index is 1620. The smallest absolute Gasteiger partial charge is 0.306 e. The van der Waals surface area contributed by atoms with Crippen molar-refractivity contribution < 1.29 is 28.6 Å². The van der Waals surface area contributed by atoms with Crippen LogP contribution in [0.4, 0.5) is 0 Å². The monoisotopic (exact) mass is 1120 g/mol. The molecule has 0 radical (unpaired) electrons. The number of ether oxygens (including phenoxy) is 3. The van der Waals surface area contributed by atoms with Gasteiger partial charge in [0, 0.05) is 19.3 Å². The zero-order valence-corrected chi connectivity index (χ0v) is 53.3. The van der Waals surface area contributed by atoms with Crippen LogP contribution < -0.4 is 0 Å². The Kier molecular flexibility index (Phi) is 65.2. The maximum Gasteiger partial charge on any atom is 0.306 e. The predicted octanol–water partition coefficient (Wildman–Crippen LogP) is 23.8. The summed E-state index contributed by atoms with van der Waals surface area (Å²) in [5, 5.41) is 0. The van der Waals surface area contributed by atoms with E-state index in [0.29, 0.717) is 19.3 Å². The Balaban J connectivity index is 4.35. The fourth-order valence-electron chi connectivity index (χ4n) is 9.66. The molecule has 0 aromatic rings. The number of hydrogen-bond donors (Lipinski definition) is 0. The second kappa shape index (κ2) is 68.6. The van der Waals surface area contributed by atoms with Gasteiger partial charge in [-0.1, -0.05) is 297 Å². The number of unbranched alkanes of at least 4 members (excludes halogenated alkanes) is 33. The van der Waals surface area contributed by atoms with Gasteiger partial charge in [0.25, 0.3) is 0 Å². The maximum absolute atomic E-state index is 12.9. The highest BCUT2D eigenvalue weighted by Gasteiger charge is 2.19. The molecule has 0 aliphatic heterocycles. The third kappa shape index (κ3) is 66.8. The van der Waals surface area contributed by atoms with Crippen LogP contribution in [0, 0.1) is 0 Å². The minimum Gasteiger partial charge on any atom is -0.462 e. The lowest BCUT2D eigenvalue weighted by molar-refractivity contribution is -0.167. The fraction of sp³-hybridized carbons (Fsp3) is 0.720. The molecule has 0 aliphatic carbocycles. The summed E-state index contributed by atoms with van der Waals surface area (Å²) in [6.07, 6.45) is 94.0. The van der Waals surface area contributed by atoms with E-state index in [0.717, 1.165) is 135 Å². The van der Waals surface area contributed by atoms with Crippen molar-refractivity contribution in [2.24, 2.45) is 0 Å². The largest absolute Gasteiger partial charge is 0.462 e. The van der Waals surface area contributed by atoms with Crippen molar-refractivity contribution in [2.75, 3.05) is 13.2 Å². The van der Waals surface area contributed by atoms with Crippen LogP contribution in [-0.2, 0) is 28.6 Å². The van der Waals surface area contributed by atoms with Gasteiger partial charge in [-0.15, -0.1) is 0 Å². The van der Waals surface area contributed by atoms with E-state index in [9.17, 15) is 14.4 Å². The molecule has 6 nitrogen and oxygen atoms in total. The second-order valence-corrected chi connectivity index (χ2v) is 22.7. The van der Waals surface area contributed by atoms with Crippen LogP contribution in [0.2, 0.25) is 0 Å². The Morgan fingerprint density at radius 2 is 0.481 bits per heavy atom. The van der Waals surface area contributed by atoms with Crippen LogP contribution in [0.25, 0.3) is 0 Å². The fourth-order valence-corrected chi connectivity index (χ4v) is 9.66. The van der Waals surface area contributed by atoms with Gasteiger partial charge >= 0.3 is 17.9 Å². The number of carbonyl (C=O) groups is 3. The Morgan fingerprint density at radius 3 is 0.765 bits per heavy atom. The van der Waals surface area contributed by atoms with Crippen LogP contribution in [0.3, 0.4) is 0 Å². The van der Waals surface area contributed by atoms with E-state index in [4.69, 9.17) is 14.2 Å². The van der Waals surface area contributed by atoms with E-state index in [1.165, 1.54) is 154 Å². The van der Waals surface area contributed by atoms with Crippen LogP contribution >= 0.6 is 0 Å². The molecule has 0 aliphatic rings. The third-order valence-electron chi connectivity index (χ3n) is 14.7. The summed E-state index contributed by atoms with van der Waals surface area (Å²) >= 11 is 0. The highest BCUT2D eigenvalue weighted by molar-refractivity contribution is 5.71. The van der Waals surface area contributed by atoms with Crippen molar-refractivity contribution in [1.29, 1.82) is 0 Å². The molecule has 0 aromatic carbocycles. The molecule has 1 unspecified atom stereocenters. The summed E-state index contributed by atoms with van der Waals surface area (Å²) in [4.78, 5) is 38.4. The van der Waals surface area contributed by atoms with Gasteiger partial charge in [-0.2, -0.15) is 0 Å². The molecule has 0 rings (SSSR count). The summed E-state index contributed by atoms with van der Waals surface area (Å²) in [6, 6.07) is 0. The third-order valence-corrected chi connectivity index (χ3v) is 14.7.